The molecule has 4 rings (SSSR count). The number of carbonyl (C=O) groups is 1. The van der Waals surface area contributed by atoms with Crippen LogP contribution in [0.1, 0.15) is 56.1 Å². The first-order chi connectivity index (χ1) is 12.7. The Morgan fingerprint density at radius 3 is 2.50 bits per heavy atom. The number of likely N-dealkylation sites (tertiary alicyclic amines) is 1. The number of hydrogen-bond acceptors (Lipinski definition) is 1. The van der Waals surface area contributed by atoms with Crippen molar-refractivity contribution in [2.24, 2.45) is 5.92 Å². The van der Waals surface area contributed by atoms with Crippen molar-refractivity contribution in [2.75, 3.05) is 13.1 Å². The van der Waals surface area contributed by atoms with Gasteiger partial charge in [-0.1, -0.05) is 67.6 Å². The molecule has 1 aliphatic carbocycles. The SMILES string of the molecule is CC1(c2ccccc2)CCCN(C(=O)CCC2CC2c2ccccc2)C1. The Hall–Kier alpha value is -2.09. The maximum absolute atomic E-state index is 12.8. The molecule has 2 aromatic carbocycles. The lowest BCUT2D eigenvalue weighted by Gasteiger charge is -2.41. The third kappa shape index (κ3) is 3.70. The second-order valence-corrected chi connectivity index (χ2v) is 8.40. The van der Waals surface area contributed by atoms with E-state index in [0.717, 1.165) is 25.9 Å². The summed E-state index contributed by atoms with van der Waals surface area (Å²) in [6, 6.07) is 21.5. The normalized spacial score (nSPS) is 28.0. The summed E-state index contributed by atoms with van der Waals surface area (Å²) in [5, 5.41) is 0. The Balaban J connectivity index is 1.31. The molecule has 0 bridgehead atoms. The number of piperidine rings is 1. The smallest absolute Gasteiger partial charge is 0.222 e. The van der Waals surface area contributed by atoms with E-state index in [-0.39, 0.29) is 5.41 Å². The van der Waals surface area contributed by atoms with Gasteiger partial charge < -0.3 is 4.90 Å². The van der Waals surface area contributed by atoms with Crippen LogP contribution in [0.25, 0.3) is 0 Å². The predicted octanol–water partition coefficient (Wildman–Crippen LogP) is 5.15. The van der Waals surface area contributed by atoms with Crippen LogP contribution >= 0.6 is 0 Å². The van der Waals surface area contributed by atoms with Gasteiger partial charge in [-0.15, -0.1) is 0 Å². The van der Waals surface area contributed by atoms with Crippen LogP contribution in [0.15, 0.2) is 60.7 Å². The van der Waals surface area contributed by atoms with Crippen LogP contribution < -0.4 is 0 Å². The van der Waals surface area contributed by atoms with Crippen molar-refractivity contribution in [3.8, 4) is 0 Å². The summed E-state index contributed by atoms with van der Waals surface area (Å²) in [6.45, 7) is 4.10. The van der Waals surface area contributed by atoms with E-state index < -0.39 is 0 Å². The van der Waals surface area contributed by atoms with Crippen LogP contribution in [0.4, 0.5) is 0 Å². The van der Waals surface area contributed by atoms with E-state index in [1.54, 1.807) is 0 Å². The molecule has 2 heteroatoms. The van der Waals surface area contributed by atoms with Crippen molar-refractivity contribution in [1.29, 1.82) is 0 Å². The van der Waals surface area contributed by atoms with Gasteiger partial charge in [-0.3, -0.25) is 4.79 Å². The highest BCUT2D eigenvalue weighted by Crippen LogP contribution is 2.50. The van der Waals surface area contributed by atoms with Crippen molar-refractivity contribution >= 4 is 5.91 Å². The number of amides is 1. The molecule has 1 heterocycles. The zero-order valence-electron chi connectivity index (χ0n) is 15.7. The molecule has 3 unspecified atom stereocenters. The predicted molar refractivity (Wildman–Crippen MR) is 106 cm³/mol. The van der Waals surface area contributed by atoms with Gasteiger partial charge in [-0.2, -0.15) is 0 Å². The fraction of sp³-hybridized carbons (Fsp3) is 0.458. The van der Waals surface area contributed by atoms with Crippen LogP contribution in [0.3, 0.4) is 0 Å². The first kappa shape index (κ1) is 17.3. The van der Waals surface area contributed by atoms with E-state index in [1.165, 1.54) is 24.0 Å². The van der Waals surface area contributed by atoms with Gasteiger partial charge in [0.1, 0.15) is 0 Å². The van der Waals surface area contributed by atoms with Crippen molar-refractivity contribution in [3.05, 3.63) is 71.8 Å². The topological polar surface area (TPSA) is 20.3 Å². The van der Waals surface area contributed by atoms with Gasteiger partial charge in [0.2, 0.25) is 5.91 Å². The van der Waals surface area contributed by atoms with Gasteiger partial charge in [0.15, 0.2) is 0 Å². The number of rotatable bonds is 5. The van der Waals surface area contributed by atoms with E-state index in [9.17, 15) is 4.79 Å². The Kier molecular flexibility index (Phi) is 4.84. The Morgan fingerprint density at radius 2 is 1.77 bits per heavy atom. The molecule has 2 aromatic rings. The molecular weight excluding hydrogens is 318 g/mol. The Labute approximate surface area is 157 Å². The summed E-state index contributed by atoms with van der Waals surface area (Å²) in [6.07, 6.45) is 5.27. The average Bonchev–Trinajstić information content (AvgIpc) is 3.47. The fourth-order valence-corrected chi connectivity index (χ4v) is 4.67. The third-order valence-electron chi connectivity index (χ3n) is 6.40. The molecule has 1 saturated carbocycles. The van der Waals surface area contributed by atoms with Crippen LogP contribution in [0.5, 0.6) is 0 Å². The molecule has 2 fully saturated rings. The molecule has 26 heavy (non-hydrogen) atoms. The monoisotopic (exact) mass is 347 g/mol. The van der Waals surface area contributed by atoms with Crippen molar-refractivity contribution < 1.29 is 4.79 Å². The minimum Gasteiger partial charge on any atom is -0.342 e. The molecule has 3 atom stereocenters. The number of hydrogen-bond donors (Lipinski definition) is 0. The molecule has 1 aliphatic heterocycles. The maximum Gasteiger partial charge on any atom is 0.222 e. The lowest BCUT2D eigenvalue weighted by molar-refractivity contribution is -0.133. The van der Waals surface area contributed by atoms with Crippen LogP contribution in [0, 0.1) is 5.92 Å². The number of nitrogens with zero attached hydrogens (tertiary/aromatic N) is 1. The first-order valence-electron chi connectivity index (χ1n) is 10.0. The third-order valence-corrected chi connectivity index (χ3v) is 6.40. The van der Waals surface area contributed by atoms with Crippen molar-refractivity contribution in [1.82, 2.24) is 4.90 Å². The van der Waals surface area contributed by atoms with Crippen LogP contribution in [0.2, 0.25) is 0 Å². The van der Waals surface area contributed by atoms with Crippen molar-refractivity contribution in [2.45, 2.75) is 50.4 Å². The highest BCUT2D eigenvalue weighted by atomic mass is 16.2. The van der Waals surface area contributed by atoms with Gasteiger partial charge in [-0.25, -0.2) is 0 Å². The minimum atomic E-state index is 0.0985. The molecule has 0 spiro atoms. The molecule has 1 saturated heterocycles. The van der Waals surface area contributed by atoms with E-state index in [4.69, 9.17) is 0 Å². The molecule has 2 nitrogen and oxygen atoms in total. The maximum atomic E-state index is 12.8. The van der Waals surface area contributed by atoms with E-state index in [2.05, 4.69) is 72.5 Å². The number of benzene rings is 2. The van der Waals surface area contributed by atoms with Crippen LogP contribution in [-0.4, -0.2) is 23.9 Å². The summed E-state index contributed by atoms with van der Waals surface area (Å²) < 4.78 is 0. The number of carbonyl (C=O) groups excluding carboxylic acids is 1. The summed E-state index contributed by atoms with van der Waals surface area (Å²) in [4.78, 5) is 14.9. The van der Waals surface area contributed by atoms with E-state index in [0.29, 0.717) is 24.2 Å². The molecule has 0 aromatic heterocycles. The molecule has 1 amide bonds. The minimum absolute atomic E-state index is 0.0985. The Morgan fingerprint density at radius 1 is 1.08 bits per heavy atom. The highest BCUT2D eigenvalue weighted by molar-refractivity contribution is 5.76. The molecule has 0 radical (unpaired) electrons. The van der Waals surface area contributed by atoms with E-state index in [1.807, 2.05) is 0 Å². The largest absolute Gasteiger partial charge is 0.342 e. The zero-order valence-corrected chi connectivity index (χ0v) is 15.7. The lowest BCUT2D eigenvalue weighted by Crippen LogP contribution is -2.47. The second-order valence-electron chi connectivity index (χ2n) is 8.40. The first-order valence-corrected chi connectivity index (χ1v) is 10.0. The average molecular weight is 348 g/mol. The molecule has 0 N–H and O–H groups in total. The van der Waals surface area contributed by atoms with E-state index >= 15 is 0 Å². The Bertz CT molecular complexity index is 741. The molecular formula is C24H29NO. The van der Waals surface area contributed by atoms with Gasteiger partial charge in [0, 0.05) is 24.9 Å². The van der Waals surface area contributed by atoms with Gasteiger partial charge in [0.05, 0.1) is 0 Å². The summed E-state index contributed by atoms with van der Waals surface area (Å²) in [5.74, 6) is 1.73. The second kappa shape index (κ2) is 7.26. The summed E-state index contributed by atoms with van der Waals surface area (Å²) >= 11 is 0. The van der Waals surface area contributed by atoms with Gasteiger partial charge in [0.25, 0.3) is 0 Å². The molecule has 136 valence electrons. The quantitative estimate of drug-likeness (QED) is 0.732. The summed E-state index contributed by atoms with van der Waals surface area (Å²) in [7, 11) is 0. The summed E-state index contributed by atoms with van der Waals surface area (Å²) in [5.41, 5.74) is 2.91. The fourth-order valence-electron chi connectivity index (χ4n) is 4.67. The van der Waals surface area contributed by atoms with Crippen molar-refractivity contribution in [3.63, 3.8) is 0 Å². The lowest BCUT2D eigenvalue weighted by atomic mass is 9.76. The van der Waals surface area contributed by atoms with Crippen LogP contribution in [-0.2, 0) is 10.2 Å². The van der Waals surface area contributed by atoms with Gasteiger partial charge >= 0.3 is 0 Å². The highest BCUT2D eigenvalue weighted by Gasteiger charge is 2.39. The zero-order chi connectivity index (χ0) is 18.0. The molecule has 2 aliphatic rings. The van der Waals surface area contributed by atoms with Gasteiger partial charge in [-0.05, 0) is 48.6 Å². The standard InChI is InChI=1S/C24H29NO/c1-24(21-11-6-3-7-12-21)15-8-16-25(18-24)23(26)14-13-20-17-22(20)19-9-4-2-5-10-19/h2-7,9-12,20,22H,8,13-18H2,1H3.